The largest absolute Gasteiger partial charge is 1.00 e. The Morgan fingerprint density at radius 3 is 2.58 bits per heavy atom. The number of fused-ring (bicyclic) bond motifs is 1. The second-order valence-corrected chi connectivity index (χ2v) is 6.45. The molecule has 3 rings (SSSR count). The summed E-state index contributed by atoms with van der Waals surface area (Å²) in [5.41, 5.74) is 2.66. The van der Waals surface area contributed by atoms with E-state index in [1.165, 1.54) is 11.3 Å². The first kappa shape index (κ1) is 18.4. The zero-order chi connectivity index (χ0) is 16.4. The van der Waals surface area contributed by atoms with Crippen LogP contribution in [0.15, 0.2) is 42.5 Å². The number of para-hydroxylation sites is 1. The van der Waals surface area contributed by atoms with E-state index in [0.717, 1.165) is 26.7 Å². The average molecular weight is 406 g/mol. The highest BCUT2D eigenvalue weighted by Gasteiger charge is 2.17. The van der Waals surface area contributed by atoms with Crippen LogP contribution in [0.1, 0.15) is 22.8 Å². The van der Waals surface area contributed by atoms with Crippen LogP contribution in [0.25, 0.3) is 10.2 Å². The highest BCUT2D eigenvalue weighted by Crippen LogP contribution is 2.32. The number of Topliss-reactive ketones (excluding diaryl/α,β-unsaturated/α-hetero) is 1. The molecule has 1 unspecified atom stereocenters. The quantitative estimate of drug-likeness (QED) is 0.650. The van der Waals surface area contributed by atoms with Crippen LogP contribution in [0, 0.1) is 6.92 Å². The van der Waals surface area contributed by atoms with Gasteiger partial charge >= 0.3 is 0 Å². The topological polar surface area (TPSA) is 51.2 Å². The second kappa shape index (κ2) is 7.77. The summed E-state index contributed by atoms with van der Waals surface area (Å²) in [5, 5.41) is 3.92. The Morgan fingerprint density at radius 2 is 1.92 bits per heavy atom. The van der Waals surface area contributed by atoms with Crippen molar-refractivity contribution in [2.24, 2.45) is 0 Å². The monoisotopic (exact) mass is 405 g/mol. The van der Waals surface area contributed by atoms with Gasteiger partial charge in [-0.3, -0.25) is 4.79 Å². The normalized spacial score (nSPS) is 11.6. The van der Waals surface area contributed by atoms with E-state index < -0.39 is 0 Å². The van der Waals surface area contributed by atoms with Gasteiger partial charge in [-0.1, -0.05) is 47.2 Å². The van der Waals surface area contributed by atoms with E-state index in [-0.39, 0.29) is 28.8 Å². The van der Waals surface area contributed by atoms with Crippen molar-refractivity contribution in [3.63, 3.8) is 0 Å². The van der Waals surface area contributed by atoms with E-state index in [1.807, 2.05) is 56.3 Å². The van der Waals surface area contributed by atoms with Crippen molar-refractivity contribution in [3.8, 4) is 5.75 Å². The number of benzene rings is 2. The third-order valence-electron chi connectivity index (χ3n) is 3.67. The van der Waals surface area contributed by atoms with Crippen molar-refractivity contribution in [2.75, 3.05) is 12.4 Å². The molecule has 126 valence electrons. The van der Waals surface area contributed by atoms with Crippen LogP contribution in [0.2, 0.25) is 0 Å². The van der Waals surface area contributed by atoms with Gasteiger partial charge in [0.25, 0.3) is 0 Å². The number of methoxy groups -OCH3 is 1. The number of hydrogen-bond acceptors (Lipinski definition) is 5. The summed E-state index contributed by atoms with van der Waals surface area (Å²) in [4.78, 5) is 17.0. The van der Waals surface area contributed by atoms with Gasteiger partial charge in [0.1, 0.15) is 11.3 Å². The van der Waals surface area contributed by atoms with Crippen LogP contribution in [-0.4, -0.2) is 23.9 Å². The third kappa shape index (κ3) is 3.76. The molecule has 24 heavy (non-hydrogen) atoms. The maximum Gasteiger partial charge on any atom is 0.184 e. The molecule has 0 aliphatic heterocycles. The Kier molecular flexibility index (Phi) is 5.96. The number of hydrogen-bond donors (Lipinski definition) is 1. The minimum atomic E-state index is -0.343. The molecule has 0 radical (unpaired) electrons. The molecule has 0 fully saturated rings. The van der Waals surface area contributed by atoms with Gasteiger partial charge in [-0.15, -0.1) is 0 Å². The number of thiazole rings is 1. The van der Waals surface area contributed by atoms with Crippen molar-refractivity contribution >= 4 is 32.5 Å². The predicted octanol–water partition coefficient (Wildman–Crippen LogP) is 1.30. The molecule has 0 bridgehead atoms. The number of ether oxygens (including phenoxy) is 1. The van der Waals surface area contributed by atoms with Crippen LogP contribution in [-0.2, 0) is 0 Å². The van der Waals surface area contributed by atoms with Crippen molar-refractivity contribution in [1.82, 2.24) is 4.98 Å². The number of ketones is 1. The highest BCUT2D eigenvalue weighted by atomic mass is 79.9. The fraction of sp³-hybridized carbons (Fsp3) is 0.222. The summed E-state index contributed by atoms with van der Waals surface area (Å²) in [6, 6.07) is 13.1. The molecule has 0 spiro atoms. The van der Waals surface area contributed by atoms with Gasteiger partial charge in [-0.2, -0.15) is 0 Å². The number of rotatable bonds is 5. The smallest absolute Gasteiger partial charge is 0.184 e. The van der Waals surface area contributed by atoms with E-state index in [4.69, 9.17) is 4.74 Å². The molecular formula is C18H18BrN2O2S-. The lowest BCUT2D eigenvalue weighted by molar-refractivity contribution is -0.0000124. The van der Waals surface area contributed by atoms with Crippen molar-refractivity contribution in [2.45, 2.75) is 19.9 Å². The lowest BCUT2D eigenvalue weighted by Gasteiger charge is -2.11. The van der Waals surface area contributed by atoms with Crippen LogP contribution in [0.3, 0.4) is 0 Å². The number of anilines is 1. The first-order valence-electron chi connectivity index (χ1n) is 7.39. The number of carbonyl (C=O) groups is 1. The average Bonchev–Trinajstić information content (AvgIpc) is 2.97. The van der Waals surface area contributed by atoms with Crippen LogP contribution >= 0.6 is 11.3 Å². The molecule has 0 aliphatic rings. The highest BCUT2D eigenvalue weighted by molar-refractivity contribution is 7.22. The Labute approximate surface area is 155 Å². The molecule has 4 nitrogen and oxygen atoms in total. The fourth-order valence-electron chi connectivity index (χ4n) is 2.37. The summed E-state index contributed by atoms with van der Waals surface area (Å²) in [7, 11) is 1.63. The predicted molar refractivity (Wildman–Crippen MR) is 94.8 cm³/mol. The summed E-state index contributed by atoms with van der Waals surface area (Å²) in [6.45, 7) is 3.86. The zero-order valence-corrected chi connectivity index (χ0v) is 16.1. The lowest BCUT2D eigenvalue weighted by Crippen LogP contribution is -3.00. The summed E-state index contributed by atoms with van der Waals surface area (Å²) in [6.07, 6.45) is 0. The number of aromatic nitrogens is 1. The van der Waals surface area contributed by atoms with E-state index in [2.05, 4.69) is 10.3 Å². The summed E-state index contributed by atoms with van der Waals surface area (Å²) < 4.78 is 6.35. The van der Waals surface area contributed by atoms with Gasteiger partial charge in [-0.05, 0) is 26.0 Å². The molecule has 0 saturated carbocycles. The van der Waals surface area contributed by atoms with E-state index in [0.29, 0.717) is 5.56 Å². The Morgan fingerprint density at radius 1 is 1.21 bits per heavy atom. The van der Waals surface area contributed by atoms with Gasteiger partial charge in [0.2, 0.25) is 0 Å². The van der Waals surface area contributed by atoms with Crippen molar-refractivity contribution in [1.29, 1.82) is 0 Å². The number of nitrogens with zero attached hydrogens (tertiary/aromatic N) is 1. The molecule has 2 aromatic carbocycles. The second-order valence-electron chi connectivity index (χ2n) is 5.42. The zero-order valence-electron chi connectivity index (χ0n) is 13.7. The first-order chi connectivity index (χ1) is 11.1. The van der Waals surface area contributed by atoms with E-state index >= 15 is 0 Å². The minimum absolute atomic E-state index is 0. The van der Waals surface area contributed by atoms with Gasteiger partial charge < -0.3 is 27.0 Å². The molecule has 0 aliphatic carbocycles. The molecule has 6 heteroatoms. The Balaban J connectivity index is 0.00000208. The van der Waals surface area contributed by atoms with Crippen LogP contribution < -0.4 is 27.0 Å². The molecule has 1 heterocycles. The van der Waals surface area contributed by atoms with Crippen molar-refractivity contribution in [3.05, 3.63) is 53.6 Å². The SMILES string of the molecule is COc1cccc2sc(NC(C)C(=O)c3ccc(C)cc3)nc12.[Br-]. The molecule has 1 N–H and O–H groups in total. The summed E-state index contributed by atoms with van der Waals surface area (Å²) in [5.74, 6) is 0.792. The molecule has 3 aromatic rings. The third-order valence-corrected chi connectivity index (χ3v) is 4.62. The van der Waals surface area contributed by atoms with Crippen LogP contribution in [0.4, 0.5) is 5.13 Å². The maximum atomic E-state index is 12.5. The summed E-state index contributed by atoms with van der Waals surface area (Å²) >= 11 is 1.52. The van der Waals surface area contributed by atoms with Gasteiger partial charge in [0.15, 0.2) is 10.9 Å². The minimum Gasteiger partial charge on any atom is -1.00 e. The van der Waals surface area contributed by atoms with Crippen molar-refractivity contribution < 1.29 is 26.5 Å². The molecule has 0 saturated heterocycles. The number of nitrogens with one attached hydrogen (secondary N) is 1. The number of aryl methyl sites for hydroxylation is 1. The maximum absolute atomic E-state index is 12.5. The van der Waals surface area contributed by atoms with E-state index in [9.17, 15) is 4.79 Å². The van der Waals surface area contributed by atoms with Crippen LogP contribution in [0.5, 0.6) is 5.75 Å². The van der Waals surface area contributed by atoms with Gasteiger partial charge in [0.05, 0.1) is 17.9 Å². The number of carbonyl (C=O) groups excluding carboxylic acids is 1. The van der Waals surface area contributed by atoms with Gasteiger partial charge in [-0.25, -0.2) is 4.98 Å². The Bertz CT molecular complexity index is 846. The molecule has 1 atom stereocenters. The number of halogens is 1. The Hall–Kier alpha value is -1.92. The van der Waals surface area contributed by atoms with Gasteiger partial charge in [0, 0.05) is 5.56 Å². The first-order valence-corrected chi connectivity index (χ1v) is 8.21. The molecule has 0 amide bonds. The standard InChI is InChI=1S/C18H18N2O2S.BrH/c1-11-7-9-13(10-8-11)17(21)12(2)19-18-20-16-14(22-3)5-4-6-15(16)23-18;/h4-10,12H,1-3H3,(H,19,20);1H/p-1. The molecular weight excluding hydrogens is 388 g/mol. The lowest BCUT2D eigenvalue weighted by atomic mass is 10.0. The fourth-order valence-corrected chi connectivity index (χ4v) is 3.34. The van der Waals surface area contributed by atoms with E-state index in [1.54, 1.807) is 7.11 Å². The molecule has 1 aromatic heterocycles.